The minimum Gasteiger partial charge on any atom is -0.368 e. The quantitative estimate of drug-likeness (QED) is 0.531. The molecule has 0 aromatic heterocycles. The first-order chi connectivity index (χ1) is 11.1. The fraction of sp³-hybridized carbons (Fsp3) is 0.444. The first-order valence-corrected chi connectivity index (χ1v) is 7.90. The Bertz CT molecular complexity index is 502. The zero-order valence-electron chi connectivity index (χ0n) is 14.0. The number of hydrogen-bond donors (Lipinski definition) is 1. The summed E-state index contributed by atoms with van der Waals surface area (Å²) in [6, 6.07) is 9.78. The predicted molar refractivity (Wildman–Crippen MR) is 90.8 cm³/mol. The first-order valence-electron chi connectivity index (χ1n) is 7.90. The van der Waals surface area contributed by atoms with E-state index in [9.17, 15) is 9.59 Å². The Morgan fingerprint density at radius 2 is 2.04 bits per heavy atom. The van der Waals surface area contributed by atoms with E-state index in [0.29, 0.717) is 26.1 Å². The Labute approximate surface area is 138 Å². The molecular weight excluding hydrogens is 292 g/mol. The molecule has 0 aliphatic rings. The molecule has 2 amide bonds. The van der Waals surface area contributed by atoms with Gasteiger partial charge in [-0.15, -0.1) is 6.58 Å². The van der Waals surface area contributed by atoms with Crippen molar-refractivity contribution in [1.82, 2.24) is 10.2 Å². The Kier molecular flexibility index (Phi) is 8.68. The predicted octanol–water partition coefficient (Wildman–Crippen LogP) is 2.13. The van der Waals surface area contributed by atoms with Crippen molar-refractivity contribution in [3.05, 3.63) is 48.6 Å². The maximum Gasteiger partial charge on any atom is 0.249 e. The Morgan fingerprint density at radius 1 is 1.35 bits per heavy atom. The molecule has 0 heterocycles. The molecule has 1 N–H and O–H groups in total. The van der Waals surface area contributed by atoms with Crippen molar-refractivity contribution in [2.75, 3.05) is 19.7 Å². The number of carbonyl (C=O) groups excluding carboxylic acids is 2. The van der Waals surface area contributed by atoms with E-state index < -0.39 is 6.10 Å². The van der Waals surface area contributed by atoms with Crippen LogP contribution >= 0.6 is 0 Å². The van der Waals surface area contributed by atoms with Gasteiger partial charge in [0.1, 0.15) is 6.10 Å². The highest BCUT2D eigenvalue weighted by Crippen LogP contribution is 2.04. The monoisotopic (exact) mass is 318 g/mol. The van der Waals surface area contributed by atoms with E-state index in [0.717, 1.165) is 5.56 Å². The zero-order chi connectivity index (χ0) is 17.1. The molecule has 1 unspecified atom stereocenters. The second kappa shape index (κ2) is 10.6. The first kappa shape index (κ1) is 18.9. The molecule has 0 saturated carbocycles. The van der Waals surface area contributed by atoms with Crippen molar-refractivity contribution in [2.24, 2.45) is 0 Å². The average molecular weight is 318 g/mol. The molecule has 1 atom stereocenters. The van der Waals surface area contributed by atoms with Gasteiger partial charge in [-0.05, 0) is 25.8 Å². The summed E-state index contributed by atoms with van der Waals surface area (Å²) in [4.78, 5) is 25.8. The molecule has 23 heavy (non-hydrogen) atoms. The lowest BCUT2D eigenvalue weighted by Crippen LogP contribution is -2.43. The van der Waals surface area contributed by atoms with Gasteiger partial charge in [-0.1, -0.05) is 36.4 Å². The van der Waals surface area contributed by atoms with Crippen molar-refractivity contribution < 1.29 is 14.3 Å². The summed E-state index contributed by atoms with van der Waals surface area (Å²) in [6.45, 7) is 8.74. The molecule has 0 aliphatic heterocycles. The fourth-order valence-electron chi connectivity index (χ4n) is 2.00. The van der Waals surface area contributed by atoms with E-state index >= 15 is 0 Å². The lowest BCUT2D eigenvalue weighted by atomic mass is 10.2. The zero-order valence-corrected chi connectivity index (χ0v) is 14.0. The largest absolute Gasteiger partial charge is 0.368 e. The minimum atomic E-state index is -0.577. The van der Waals surface area contributed by atoms with Crippen LogP contribution in [-0.2, 0) is 20.9 Å². The van der Waals surface area contributed by atoms with Crippen molar-refractivity contribution in [2.45, 2.75) is 32.9 Å². The van der Waals surface area contributed by atoms with E-state index in [-0.39, 0.29) is 18.4 Å². The molecule has 1 aromatic carbocycles. The number of likely N-dealkylation sites (N-methyl/N-ethyl adjacent to an activating group) is 1. The van der Waals surface area contributed by atoms with Gasteiger partial charge in [-0.25, -0.2) is 0 Å². The molecular formula is C18H26N2O3. The summed E-state index contributed by atoms with van der Waals surface area (Å²) in [5.41, 5.74) is 1.06. The highest BCUT2D eigenvalue weighted by atomic mass is 16.5. The van der Waals surface area contributed by atoms with Crippen LogP contribution in [-0.4, -0.2) is 42.5 Å². The second-order valence-corrected chi connectivity index (χ2v) is 5.20. The van der Waals surface area contributed by atoms with E-state index in [1.165, 1.54) is 0 Å². The minimum absolute atomic E-state index is 0.0192. The van der Waals surface area contributed by atoms with E-state index in [1.807, 2.05) is 37.3 Å². The number of carbonyl (C=O) groups is 2. The maximum atomic E-state index is 12.2. The SMILES string of the molecule is C=CCCOC(C)C(=O)NCC(=O)N(CC)Cc1ccccc1. The molecule has 0 bridgehead atoms. The smallest absolute Gasteiger partial charge is 0.249 e. The molecule has 0 spiro atoms. The summed E-state index contributed by atoms with van der Waals surface area (Å²) in [5.74, 6) is -0.388. The van der Waals surface area contributed by atoms with Crippen LogP contribution in [0.3, 0.4) is 0 Å². The topological polar surface area (TPSA) is 58.6 Å². The Balaban J connectivity index is 2.41. The molecule has 126 valence electrons. The van der Waals surface area contributed by atoms with Crippen molar-refractivity contribution in [1.29, 1.82) is 0 Å². The van der Waals surface area contributed by atoms with Crippen molar-refractivity contribution in [3.8, 4) is 0 Å². The van der Waals surface area contributed by atoms with Crippen LogP contribution in [0.25, 0.3) is 0 Å². The van der Waals surface area contributed by atoms with E-state index in [2.05, 4.69) is 11.9 Å². The third-order valence-corrected chi connectivity index (χ3v) is 3.42. The third kappa shape index (κ3) is 7.10. The van der Waals surface area contributed by atoms with Crippen molar-refractivity contribution >= 4 is 11.8 Å². The normalized spacial score (nSPS) is 11.6. The fourth-order valence-corrected chi connectivity index (χ4v) is 2.00. The summed E-state index contributed by atoms with van der Waals surface area (Å²) >= 11 is 0. The van der Waals surface area contributed by atoms with E-state index in [1.54, 1.807) is 17.9 Å². The number of rotatable bonds is 10. The highest BCUT2D eigenvalue weighted by Gasteiger charge is 2.17. The summed E-state index contributed by atoms with van der Waals surface area (Å²) < 4.78 is 5.35. The van der Waals surface area contributed by atoms with Gasteiger partial charge >= 0.3 is 0 Å². The molecule has 0 radical (unpaired) electrons. The second-order valence-electron chi connectivity index (χ2n) is 5.20. The van der Waals surface area contributed by atoms with Gasteiger partial charge in [0.05, 0.1) is 13.2 Å². The molecule has 0 fully saturated rings. The Morgan fingerprint density at radius 3 is 2.65 bits per heavy atom. The molecule has 0 saturated heterocycles. The van der Waals surface area contributed by atoms with Crippen LogP contribution in [0, 0.1) is 0 Å². The van der Waals surface area contributed by atoms with Crippen LogP contribution in [0.4, 0.5) is 0 Å². The van der Waals surface area contributed by atoms with Crippen LogP contribution in [0.2, 0.25) is 0 Å². The molecule has 1 aromatic rings. The number of nitrogens with zero attached hydrogens (tertiary/aromatic N) is 1. The van der Waals surface area contributed by atoms with Crippen LogP contribution < -0.4 is 5.32 Å². The van der Waals surface area contributed by atoms with Crippen LogP contribution in [0.5, 0.6) is 0 Å². The Hall–Kier alpha value is -2.14. The summed E-state index contributed by atoms with van der Waals surface area (Å²) in [7, 11) is 0. The van der Waals surface area contributed by atoms with Gasteiger partial charge in [0.2, 0.25) is 11.8 Å². The number of ether oxygens (including phenoxy) is 1. The van der Waals surface area contributed by atoms with Gasteiger partial charge in [-0.2, -0.15) is 0 Å². The standard InChI is InChI=1S/C18H26N2O3/c1-4-6-12-23-15(3)18(22)19-13-17(21)20(5-2)14-16-10-8-7-9-11-16/h4,7-11,15H,1,5-6,12-14H2,2-3H3,(H,19,22). The summed E-state index contributed by atoms with van der Waals surface area (Å²) in [6.07, 6.45) is 1.85. The average Bonchev–Trinajstić information content (AvgIpc) is 2.58. The lowest BCUT2D eigenvalue weighted by Gasteiger charge is -2.22. The number of nitrogens with one attached hydrogen (secondary N) is 1. The molecule has 5 heteroatoms. The van der Waals surface area contributed by atoms with Crippen molar-refractivity contribution in [3.63, 3.8) is 0 Å². The van der Waals surface area contributed by atoms with Gasteiger partial charge in [0, 0.05) is 13.1 Å². The number of amides is 2. The van der Waals surface area contributed by atoms with Gasteiger partial charge in [0.25, 0.3) is 0 Å². The van der Waals surface area contributed by atoms with Crippen LogP contribution in [0.15, 0.2) is 43.0 Å². The lowest BCUT2D eigenvalue weighted by molar-refractivity contribution is -0.137. The molecule has 5 nitrogen and oxygen atoms in total. The maximum absolute atomic E-state index is 12.2. The van der Waals surface area contributed by atoms with Gasteiger partial charge in [0.15, 0.2) is 0 Å². The third-order valence-electron chi connectivity index (χ3n) is 3.42. The summed E-state index contributed by atoms with van der Waals surface area (Å²) in [5, 5.41) is 2.63. The number of benzene rings is 1. The highest BCUT2D eigenvalue weighted by molar-refractivity contribution is 5.86. The van der Waals surface area contributed by atoms with Gasteiger partial charge in [-0.3, -0.25) is 9.59 Å². The van der Waals surface area contributed by atoms with Gasteiger partial charge < -0.3 is 15.0 Å². The molecule has 0 aliphatic carbocycles. The van der Waals surface area contributed by atoms with Crippen LogP contribution in [0.1, 0.15) is 25.8 Å². The number of hydrogen-bond acceptors (Lipinski definition) is 3. The van der Waals surface area contributed by atoms with E-state index in [4.69, 9.17) is 4.74 Å². The molecule has 1 rings (SSSR count).